The summed E-state index contributed by atoms with van der Waals surface area (Å²) in [5.74, 6) is 0.735. The summed E-state index contributed by atoms with van der Waals surface area (Å²) in [6.45, 7) is 22.4. The molecular formula is C87H109Cl3O24Si4. The van der Waals surface area contributed by atoms with E-state index in [1.165, 1.54) is 0 Å². The average Bonchev–Trinajstić information content (AvgIpc) is 0.796. The molecule has 0 radical (unpaired) electrons. The fraction of sp³-hybridized carbons (Fsp3) is 0.414. The third-order valence-electron chi connectivity index (χ3n) is 19.0. The second-order valence-corrected chi connectivity index (χ2v) is 45.6. The summed E-state index contributed by atoms with van der Waals surface area (Å²) >= 11 is 17.6. The van der Waals surface area contributed by atoms with Gasteiger partial charge in [-0.1, -0.05) is 121 Å². The Hall–Kier alpha value is -8.09. The number of hydrogen-bond acceptors (Lipinski definition) is 24. The van der Waals surface area contributed by atoms with Gasteiger partial charge in [-0.15, -0.1) is 33.2 Å². The summed E-state index contributed by atoms with van der Waals surface area (Å²) in [5.41, 5.74) is 7.64. The molecule has 0 saturated heterocycles. The van der Waals surface area contributed by atoms with Crippen molar-refractivity contribution in [1.82, 2.24) is 0 Å². The molecule has 8 aromatic carbocycles. The normalized spacial score (nSPS) is 18.4. The molecule has 0 amide bonds. The predicted octanol–water partition coefficient (Wildman–Crippen LogP) is 19.2. The minimum atomic E-state index is -3.86. The van der Waals surface area contributed by atoms with Gasteiger partial charge in [0, 0.05) is 146 Å². The summed E-state index contributed by atoms with van der Waals surface area (Å²) in [6.07, 6.45) is 2.61. The second-order valence-electron chi connectivity index (χ2n) is 28.1. The van der Waals surface area contributed by atoms with E-state index in [0.29, 0.717) is 96.1 Å². The van der Waals surface area contributed by atoms with Gasteiger partial charge >= 0.3 is 32.4 Å². The van der Waals surface area contributed by atoms with Gasteiger partial charge in [-0.3, -0.25) is 14.4 Å². The largest absolute Gasteiger partial charge is 0.705 e. The molecule has 4 heterocycles. The molecular weight excluding hydrogens is 1650 g/mol. The van der Waals surface area contributed by atoms with Crippen LogP contribution in [0.2, 0.25) is 24.2 Å². The Bertz CT molecular complexity index is 4400. The molecule has 0 fully saturated rings. The highest BCUT2D eigenvalue weighted by Gasteiger charge is 2.52. The van der Waals surface area contributed by atoms with Gasteiger partial charge in [0.2, 0.25) is 23.1 Å². The number of halogens is 3. The quantitative estimate of drug-likeness (QED) is 0.0201. The van der Waals surface area contributed by atoms with Gasteiger partial charge in [0.15, 0.2) is 0 Å². The first-order chi connectivity index (χ1) is 56.5. The highest BCUT2D eigenvalue weighted by atomic mass is 35.8. The molecule has 118 heavy (non-hydrogen) atoms. The lowest BCUT2D eigenvalue weighted by Crippen LogP contribution is -2.49. The summed E-state index contributed by atoms with van der Waals surface area (Å²) in [4.78, 5) is 34.6. The maximum absolute atomic E-state index is 11.5. The molecule has 4 unspecified atom stereocenters. The molecule has 4 atom stereocenters. The van der Waals surface area contributed by atoms with Crippen molar-refractivity contribution >= 4 is 83.6 Å². The van der Waals surface area contributed by atoms with Crippen LogP contribution >= 0.6 is 33.2 Å². The monoisotopic (exact) mass is 1750 g/mol. The standard InChI is InChI=1S/C24H28O9Si.C24H34O6Si.C21H28O6Si.C18H19Cl3O3Si/c1-17(25)31-34(32-18(2)26,33-19(3)27)14-8-13-28-22-11-12-23-20(15-22)16-29-24(4,30-23)21-9-6-5-7-10-21;1-5-27-31(28-6-2,29-7-3)17-11-16-25-22-14-15-23-20(18-22)19-26-24(4,30-23)21-12-9-8-10-13-21;1-21(18-9-6-5-7-10-18)26-16-17-15-19(11-12-20(17)27-21)25-13-8-14-28(22-2,23-3)24-4;1-18(15-6-3-2-4-7-15)23-13-14-12-16(8-9-17(14)24-18)22-10-5-11-25(19,20)21/h5-7,9-12,15H,8,13-14,16H2,1-4H3;8-10,12-15,18H,5-7,11,16-17,19H2,1-4H3;5-7,9-12,15H,8,13-14,16H2,1-4H3;2-4,6-9,12H,5,10-11,13H2,1H3. The number of fused-ring (bicyclic) bond motifs is 4. The van der Waals surface area contributed by atoms with Crippen LogP contribution in [0, 0.1) is 0 Å². The van der Waals surface area contributed by atoms with E-state index in [-0.39, 0.29) is 12.7 Å². The molecule has 638 valence electrons. The van der Waals surface area contributed by atoms with Crippen LogP contribution in [0.5, 0.6) is 46.0 Å². The summed E-state index contributed by atoms with van der Waals surface area (Å²) in [5, 5.41) is 0. The van der Waals surface area contributed by atoms with Crippen LogP contribution in [0.1, 0.15) is 139 Å². The summed E-state index contributed by atoms with van der Waals surface area (Å²) in [7, 11) is -4.18. The molecule has 4 aliphatic rings. The number of carbonyl (C=O) groups is 3. The zero-order valence-electron chi connectivity index (χ0n) is 69.3. The van der Waals surface area contributed by atoms with Crippen LogP contribution < -0.4 is 37.9 Å². The smallest absolute Gasteiger partial charge is 0.494 e. The minimum absolute atomic E-state index is 0.0400. The number of carbonyl (C=O) groups excluding carboxylic acids is 3. The van der Waals surface area contributed by atoms with Gasteiger partial charge in [-0.25, -0.2) is 0 Å². The Labute approximate surface area is 711 Å². The Morgan fingerprint density at radius 1 is 0.339 bits per heavy atom. The van der Waals surface area contributed by atoms with Crippen LogP contribution in [0.4, 0.5) is 0 Å². The maximum Gasteiger partial charge on any atom is 0.705 e. The predicted molar refractivity (Wildman–Crippen MR) is 454 cm³/mol. The first-order valence-corrected chi connectivity index (χ1v) is 50.4. The molecule has 24 nitrogen and oxygen atoms in total. The van der Waals surface area contributed by atoms with Crippen LogP contribution in [-0.2, 0) is 123 Å². The van der Waals surface area contributed by atoms with Gasteiger partial charge in [0.1, 0.15) is 46.0 Å². The van der Waals surface area contributed by atoms with E-state index in [2.05, 4.69) is 0 Å². The molecule has 0 aromatic heterocycles. The maximum atomic E-state index is 11.5. The van der Waals surface area contributed by atoms with Crippen molar-refractivity contribution < 1.29 is 111 Å². The van der Waals surface area contributed by atoms with Crippen LogP contribution in [-0.4, -0.2) is 118 Å². The molecule has 0 spiro atoms. The van der Waals surface area contributed by atoms with E-state index in [9.17, 15) is 14.4 Å². The first-order valence-electron chi connectivity index (χ1n) is 39.3. The Morgan fingerprint density at radius 3 is 0.805 bits per heavy atom. The van der Waals surface area contributed by atoms with E-state index in [0.717, 1.165) is 125 Å². The lowest BCUT2D eigenvalue weighted by molar-refractivity contribution is -0.202. The lowest BCUT2D eigenvalue weighted by Gasteiger charge is -2.36. The zero-order valence-corrected chi connectivity index (χ0v) is 75.6. The van der Waals surface area contributed by atoms with E-state index < -0.39 is 73.5 Å². The van der Waals surface area contributed by atoms with Crippen molar-refractivity contribution in [1.29, 1.82) is 0 Å². The van der Waals surface area contributed by atoms with E-state index in [1.807, 2.05) is 237 Å². The summed E-state index contributed by atoms with van der Waals surface area (Å²) in [6, 6.07) is 61.9. The second kappa shape index (κ2) is 44.4. The van der Waals surface area contributed by atoms with Gasteiger partial charge < -0.3 is 96.7 Å². The summed E-state index contributed by atoms with van der Waals surface area (Å²) < 4.78 is 122. The van der Waals surface area contributed by atoms with Crippen molar-refractivity contribution in [2.24, 2.45) is 0 Å². The van der Waals surface area contributed by atoms with Crippen LogP contribution in [0.25, 0.3) is 0 Å². The SMILES string of the molecule is CC(=O)O[Si](CCCOc1ccc2c(c1)COC(C)(c1ccccc1)O2)(OC(C)=O)OC(C)=O.CC1(c2ccccc2)OCc2cc(OCCC[Si](Cl)(Cl)Cl)ccc2O1.CCO[Si](CCCOc1ccc2c(c1)COC(C)(c1ccccc1)O2)(OCC)OCC.CO[Si](CCCOc1ccc2c(c1)COC(C)(c1ccccc1)O2)(OC)OC. The van der Waals surface area contributed by atoms with Gasteiger partial charge in [0.25, 0.3) is 17.9 Å². The first kappa shape index (κ1) is 93.8. The Balaban J connectivity index is 0.000000180. The van der Waals surface area contributed by atoms with Crippen molar-refractivity contribution in [3.8, 4) is 46.0 Å². The number of benzene rings is 8. The van der Waals surface area contributed by atoms with E-state index in [1.54, 1.807) is 27.4 Å². The van der Waals surface area contributed by atoms with Crippen molar-refractivity contribution in [2.75, 3.05) is 67.6 Å². The average molecular weight is 1760 g/mol. The third-order valence-corrected chi connectivity index (χ3v) is 30.4. The fourth-order valence-corrected chi connectivity index (χ4v) is 21.5. The Kier molecular flexibility index (Phi) is 35.3. The van der Waals surface area contributed by atoms with Crippen molar-refractivity contribution in [2.45, 2.75) is 169 Å². The number of hydrogen-bond donors (Lipinski definition) is 0. The minimum Gasteiger partial charge on any atom is -0.494 e. The molecule has 8 aromatic rings. The molecule has 0 aliphatic carbocycles. The fourth-order valence-electron chi connectivity index (χ4n) is 13.1. The molecule has 0 saturated carbocycles. The van der Waals surface area contributed by atoms with Crippen LogP contribution in [0.15, 0.2) is 194 Å². The highest BCUT2D eigenvalue weighted by molar-refractivity contribution is 7.64. The number of ether oxygens (including phenoxy) is 12. The van der Waals surface area contributed by atoms with Crippen LogP contribution in [0.3, 0.4) is 0 Å². The molecule has 0 N–H and O–H groups in total. The third kappa shape index (κ3) is 27.5. The van der Waals surface area contributed by atoms with Gasteiger partial charge in [0.05, 0.1) is 58.9 Å². The van der Waals surface area contributed by atoms with E-state index >= 15 is 0 Å². The van der Waals surface area contributed by atoms with Gasteiger partial charge in [-0.05, 0) is 125 Å². The molecule has 12 rings (SSSR count). The molecule has 0 bridgehead atoms. The van der Waals surface area contributed by atoms with Crippen molar-refractivity contribution in [3.63, 3.8) is 0 Å². The molecule has 31 heteroatoms. The lowest BCUT2D eigenvalue weighted by atomic mass is 10.1. The van der Waals surface area contributed by atoms with Gasteiger partial charge in [-0.2, -0.15) is 0 Å². The zero-order chi connectivity index (χ0) is 84.9. The topological polar surface area (TPSA) is 245 Å². The van der Waals surface area contributed by atoms with E-state index in [4.69, 9.17) is 130 Å². The van der Waals surface area contributed by atoms with Crippen molar-refractivity contribution in [3.05, 3.63) is 239 Å². The highest BCUT2D eigenvalue weighted by Crippen LogP contribution is 2.44. The molecule has 4 aliphatic heterocycles. The Morgan fingerprint density at radius 2 is 0.576 bits per heavy atom. The number of rotatable bonds is 36.